The average molecular weight is 419 g/mol. The lowest BCUT2D eigenvalue weighted by Crippen LogP contribution is -2.32. The van der Waals surface area contributed by atoms with E-state index in [1.165, 1.54) is 23.5 Å². The highest BCUT2D eigenvalue weighted by Gasteiger charge is 2.24. The molecule has 0 radical (unpaired) electrons. The smallest absolute Gasteiger partial charge is 0.309 e. The molecule has 0 saturated heterocycles. The molecule has 0 aliphatic carbocycles. The number of benzene rings is 1. The lowest BCUT2D eigenvalue weighted by molar-refractivity contribution is -0.380. The van der Waals surface area contributed by atoms with Gasteiger partial charge in [0.05, 0.1) is 20.0 Å². The Labute approximate surface area is 171 Å². The lowest BCUT2D eigenvalue weighted by Gasteiger charge is -2.20. The van der Waals surface area contributed by atoms with Gasteiger partial charge in [0.15, 0.2) is 5.13 Å². The van der Waals surface area contributed by atoms with Crippen LogP contribution in [0.25, 0.3) is 10.2 Å². The lowest BCUT2D eigenvalue weighted by atomic mass is 10.1. The number of amides is 1. The molecule has 9 heteroatoms. The van der Waals surface area contributed by atoms with Crippen LogP contribution in [0.1, 0.15) is 27.2 Å². The van der Waals surface area contributed by atoms with E-state index in [-0.39, 0.29) is 10.9 Å². The van der Waals surface area contributed by atoms with E-state index in [0.29, 0.717) is 16.6 Å². The summed E-state index contributed by atoms with van der Waals surface area (Å²) in [7, 11) is 3.97. The van der Waals surface area contributed by atoms with Crippen LogP contribution in [0, 0.1) is 24.0 Å². The van der Waals surface area contributed by atoms with Crippen LogP contribution >= 0.6 is 22.7 Å². The molecule has 0 aliphatic rings. The van der Waals surface area contributed by atoms with E-state index < -0.39 is 4.92 Å². The molecule has 0 atom stereocenters. The molecule has 148 valence electrons. The van der Waals surface area contributed by atoms with Crippen molar-refractivity contribution >= 4 is 48.9 Å². The van der Waals surface area contributed by atoms with Gasteiger partial charge in [0.25, 0.3) is 5.91 Å². The number of hydrogen-bond acceptors (Lipinski definition) is 7. The number of carbonyl (C=O) groups excluding carboxylic acids is 1. The van der Waals surface area contributed by atoms with Crippen molar-refractivity contribution in [2.24, 2.45) is 0 Å². The zero-order valence-corrected chi connectivity index (χ0v) is 17.9. The molecule has 0 fully saturated rings. The third-order valence-electron chi connectivity index (χ3n) is 4.25. The summed E-state index contributed by atoms with van der Waals surface area (Å²) in [5, 5.41) is 11.6. The SMILES string of the molecule is Cc1cc(C)c2sc(N(CCCN(C)C)C(=O)c3ccc([N+](=O)[O-])s3)nc2c1. The maximum absolute atomic E-state index is 13.2. The van der Waals surface area contributed by atoms with Crippen LogP contribution < -0.4 is 4.90 Å². The van der Waals surface area contributed by atoms with Gasteiger partial charge in [0, 0.05) is 12.6 Å². The molecular formula is C19H22N4O3S2. The molecule has 0 bridgehead atoms. The van der Waals surface area contributed by atoms with Crippen molar-refractivity contribution in [3.05, 3.63) is 50.4 Å². The summed E-state index contributed by atoms with van der Waals surface area (Å²) < 4.78 is 1.06. The average Bonchev–Trinajstić information content (AvgIpc) is 3.25. The van der Waals surface area contributed by atoms with Gasteiger partial charge in [-0.1, -0.05) is 28.7 Å². The van der Waals surface area contributed by atoms with Crippen LogP contribution in [0.15, 0.2) is 24.3 Å². The number of nitro groups is 1. The van der Waals surface area contributed by atoms with Crippen molar-refractivity contribution in [3.63, 3.8) is 0 Å². The fourth-order valence-electron chi connectivity index (χ4n) is 2.98. The van der Waals surface area contributed by atoms with E-state index >= 15 is 0 Å². The fourth-order valence-corrected chi connectivity index (χ4v) is 4.79. The number of thiophene rings is 1. The predicted octanol–water partition coefficient (Wildman–Crippen LogP) is 4.48. The molecular weight excluding hydrogens is 396 g/mol. The number of thiazole rings is 1. The Morgan fingerprint density at radius 2 is 1.93 bits per heavy atom. The summed E-state index contributed by atoms with van der Waals surface area (Å²) in [6.07, 6.45) is 0.778. The zero-order chi connectivity index (χ0) is 20.4. The van der Waals surface area contributed by atoms with Gasteiger partial charge in [0.2, 0.25) is 0 Å². The van der Waals surface area contributed by atoms with Gasteiger partial charge >= 0.3 is 5.00 Å². The third-order valence-corrected chi connectivity index (χ3v) is 6.51. The van der Waals surface area contributed by atoms with E-state index in [4.69, 9.17) is 4.98 Å². The summed E-state index contributed by atoms with van der Waals surface area (Å²) in [4.78, 5) is 32.4. The molecule has 0 saturated carbocycles. The molecule has 3 rings (SSSR count). The van der Waals surface area contributed by atoms with E-state index in [9.17, 15) is 14.9 Å². The Morgan fingerprint density at radius 1 is 1.18 bits per heavy atom. The minimum Gasteiger partial charge on any atom is -0.309 e. The first-order valence-electron chi connectivity index (χ1n) is 8.85. The van der Waals surface area contributed by atoms with Crippen LogP contribution in [0.2, 0.25) is 0 Å². The first-order chi connectivity index (χ1) is 13.3. The molecule has 1 aromatic carbocycles. The number of aromatic nitrogens is 1. The van der Waals surface area contributed by atoms with Crippen molar-refractivity contribution in [1.82, 2.24) is 9.88 Å². The summed E-state index contributed by atoms with van der Waals surface area (Å²) in [6.45, 7) is 5.40. The van der Waals surface area contributed by atoms with E-state index in [0.717, 1.165) is 45.6 Å². The molecule has 28 heavy (non-hydrogen) atoms. The Bertz CT molecular complexity index is 1030. The number of nitrogens with zero attached hydrogens (tertiary/aromatic N) is 4. The maximum Gasteiger partial charge on any atom is 0.324 e. The number of carbonyl (C=O) groups is 1. The van der Waals surface area contributed by atoms with Crippen molar-refractivity contribution < 1.29 is 9.72 Å². The van der Waals surface area contributed by atoms with Gasteiger partial charge in [-0.05, 0) is 64.2 Å². The molecule has 2 aromatic heterocycles. The van der Waals surface area contributed by atoms with Crippen molar-refractivity contribution in [1.29, 1.82) is 0 Å². The monoisotopic (exact) mass is 418 g/mol. The minimum absolute atomic E-state index is 0.0349. The number of hydrogen-bond donors (Lipinski definition) is 0. The van der Waals surface area contributed by atoms with Crippen molar-refractivity contribution in [3.8, 4) is 0 Å². The summed E-state index contributed by atoms with van der Waals surface area (Å²) in [5.74, 6) is -0.245. The van der Waals surface area contributed by atoms with E-state index in [1.54, 1.807) is 4.90 Å². The van der Waals surface area contributed by atoms with E-state index in [2.05, 4.69) is 11.0 Å². The molecule has 0 spiro atoms. The normalized spacial score (nSPS) is 11.3. The van der Waals surface area contributed by atoms with Crippen molar-refractivity contribution in [2.75, 3.05) is 32.1 Å². The molecule has 0 N–H and O–H groups in total. The minimum atomic E-state index is -0.471. The highest BCUT2D eigenvalue weighted by Crippen LogP contribution is 2.34. The van der Waals surface area contributed by atoms with Crippen molar-refractivity contribution in [2.45, 2.75) is 20.3 Å². The Balaban J connectivity index is 1.97. The Morgan fingerprint density at radius 3 is 2.57 bits per heavy atom. The summed E-state index contributed by atoms with van der Waals surface area (Å²) in [6, 6.07) is 7.01. The zero-order valence-electron chi connectivity index (χ0n) is 16.3. The van der Waals surface area contributed by atoms with Crippen LogP contribution in [-0.2, 0) is 0 Å². The van der Waals surface area contributed by atoms with Gasteiger partial charge in [-0.25, -0.2) is 4.98 Å². The second-order valence-corrected chi connectivity index (χ2v) is 8.97. The standard InChI is InChI=1S/C19H22N4O3S2/c1-12-10-13(2)17-14(11-12)20-19(28-17)22(9-5-8-21(3)4)18(24)15-6-7-16(27-15)23(25)26/h6-7,10-11H,5,8-9H2,1-4H3. The first-order valence-corrected chi connectivity index (χ1v) is 10.5. The number of fused-ring (bicyclic) bond motifs is 1. The van der Waals surface area contributed by atoms with Crippen LogP contribution in [0.5, 0.6) is 0 Å². The molecule has 0 unspecified atom stereocenters. The predicted molar refractivity (Wildman–Crippen MR) is 115 cm³/mol. The van der Waals surface area contributed by atoms with Gasteiger partial charge in [0.1, 0.15) is 0 Å². The highest BCUT2D eigenvalue weighted by molar-refractivity contribution is 7.22. The van der Waals surface area contributed by atoms with Crippen LogP contribution in [-0.4, -0.2) is 47.9 Å². The van der Waals surface area contributed by atoms with Gasteiger partial charge in [-0.2, -0.15) is 0 Å². The molecule has 0 aliphatic heterocycles. The topological polar surface area (TPSA) is 79.6 Å². The Kier molecular flexibility index (Phi) is 6.07. The fraction of sp³-hybridized carbons (Fsp3) is 0.368. The summed E-state index contributed by atoms with van der Waals surface area (Å²) >= 11 is 2.39. The quantitative estimate of drug-likeness (QED) is 0.417. The van der Waals surface area contributed by atoms with Crippen LogP contribution in [0.4, 0.5) is 10.1 Å². The number of rotatable bonds is 7. The van der Waals surface area contributed by atoms with Crippen LogP contribution in [0.3, 0.4) is 0 Å². The maximum atomic E-state index is 13.2. The summed E-state index contributed by atoms with van der Waals surface area (Å²) in [5.41, 5.74) is 3.13. The van der Waals surface area contributed by atoms with E-state index in [1.807, 2.05) is 34.0 Å². The molecule has 1 amide bonds. The molecule has 3 aromatic rings. The Hall–Kier alpha value is -2.36. The number of anilines is 1. The first kappa shape index (κ1) is 20.4. The number of aryl methyl sites for hydroxylation is 2. The third kappa shape index (κ3) is 4.37. The molecule has 7 nitrogen and oxygen atoms in total. The largest absolute Gasteiger partial charge is 0.324 e. The highest BCUT2D eigenvalue weighted by atomic mass is 32.1. The van der Waals surface area contributed by atoms with Gasteiger partial charge in [-0.15, -0.1) is 0 Å². The second-order valence-electron chi connectivity index (χ2n) is 6.94. The second kappa shape index (κ2) is 8.34. The van der Waals surface area contributed by atoms with Gasteiger partial charge < -0.3 is 4.90 Å². The van der Waals surface area contributed by atoms with Gasteiger partial charge in [-0.3, -0.25) is 19.8 Å². The molecule has 2 heterocycles.